The lowest BCUT2D eigenvalue weighted by Crippen LogP contribution is -2.29. The highest BCUT2D eigenvalue weighted by Gasteiger charge is 2.41. The summed E-state index contributed by atoms with van der Waals surface area (Å²) in [4.78, 5) is 41.8. The molecular weight excluding hydrogens is 402 g/mol. The van der Waals surface area contributed by atoms with Crippen molar-refractivity contribution in [3.05, 3.63) is 87.5 Å². The molecule has 0 bridgehead atoms. The molecule has 4 aromatic rings. The summed E-state index contributed by atoms with van der Waals surface area (Å²) < 4.78 is 1.08. The Balaban J connectivity index is 1.51. The molecule has 0 unspecified atom stereocenters. The molecule has 0 spiro atoms. The van der Waals surface area contributed by atoms with E-state index in [1.54, 1.807) is 35.6 Å². The van der Waals surface area contributed by atoms with Gasteiger partial charge in [-0.1, -0.05) is 12.1 Å². The van der Waals surface area contributed by atoms with Crippen LogP contribution in [0.15, 0.2) is 60.7 Å². The topological polar surface area (TPSA) is 93.4 Å². The van der Waals surface area contributed by atoms with E-state index in [0.717, 1.165) is 31.3 Å². The zero-order chi connectivity index (χ0) is 21.0. The van der Waals surface area contributed by atoms with Crippen molar-refractivity contribution in [2.75, 3.05) is 4.90 Å². The predicted octanol–water partition coefficient (Wildman–Crippen LogP) is 4.98. The summed E-state index contributed by atoms with van der Waals surface area (Å²) in [5, 5.41) is 12.1. The molecule has 0 radical (unpaired) electrons. The number of nitro groups is 1. The number of hydrogen-bond acceptors (Lipinski definition) is 6. The number of carbonyl (C=O) groups is 2. The van der Waals surface area contributed by atoms with Crippen molar-refractivity contribution in [2.24, 2.45) is 0 Å². The molecule has 1 aliphatic rings. The first-order chi connectivity index (χ1) is 14.4. The number of anilines is 1. The number of amides is 2. The van der Waals surface area contributed by atoms with E-state index in [2.05, 4.69) is 11.1 Å². The summed E-state index contributed by atoms with van der Waals surface area (Å²) in [5.41, 5.74) is 2.80. The molecule has 2 heterocycles. The smallest absolute Gasteiger partial charge is 0.268 e. The van der Waals surface area contributed by atoms with E-state index in [1.165, 1.54) is 18.2 Å². The van der Waals surface area contributed by atoms with Crippen molar-refractivity contribution in [3.63, 3.8) is 0 Å². The quantitative estimate of drug-likeness (QED) is 0.267. The van der Waals surface area contributed by atoms with Crippen molar-refractivity contribution in [2.45, 2.75) is 6.92 Å². The number of hydrogen-bond donors (Lipinski definition) is 0. The first kappa shape index (κ1) is 18.1. The average molecular weight is 415 g/mol. The Labute approximate surface area is 174 Å². The second kappa shape index (κ2) is 6.57. The van der Waals surface area contributed by atoms with Crippen LogP contribution >= 0.6 is 11.3 Å². The van der Waals surface area contributed by atoms with Crippen LogP contribution in [0.5, 0.6) is 0 Å². The van der Waals surface area contributed by atoms with Crippen molar-refractivity contribution < 1.29 is 14.5 Å². The fraction of sp³-hybridized carbons (Fsp3) is 0.0455. The molecule has 0 N–H and O–H groups in total. The summed E-state index contributed by atoms with van der Waals surface area (Å²) in [6, 6.07) is 17.0. The van der Waals surface area contributed by atoms with E-state index in [4.69, 9.17) is 0 Å². The number of aromatic nitrogens is 1. The maximum absolute atomic E-state index is 12.8. The van der Waals surface area contributed by atoms with Gasteiger partial charge in [-0.25, -0.2) is 9.88 Å². The molecule has 2 amide bonds. The molecule has 30 heavy (non-hydrogen) atoms. The van der Waals surface area contributed by atoms with Crippen LogP contribution in [0, 0.1) is 17.0 Å². The van der Waals surface area contributed by atoms with E-state index < -0.39 is 16.7 Å². The molecule has 3 aromatic carbocycles. The molecular formula is C22H13N3O4S. The molecule has 0 atom stereocenters. The zero-order valence-electron chi connectivity index (χ0n) is 15.7. The standard InChI is InChI=1S/C22H13N3O4S/c1-12-5-10-16-18(11-12)30-20(23-16)13-6-8-14(9-7-13)24-21(26)15-3-2-4-17(25(28)29)19(15)22(24)27/h2-11H,1H3. The summed E-state index contributed by atoms with van der Waals surface area (Å²) in [6.45, 7) is 2.03. The first-order valence-electron chi connectivity index (χ1n) is 9.08. The number of nitrogens with zero attached hydrogens (tertiary/aromatic N) is 3. The van der Waals surface area contributed by atoms with Crippen LogP contribution in [-0.4, -0.2) is 21.7 Å². The summed E-state index contributed by atoms with van der Waals surface area (Å²) in [5.74, 6) is -1.26. The molecule has 146 valence electrons. The van der Waals surface area contributed by atoms with Crippen LogP contribution in [0.2, 0.25) is 0 Å². The van der Waals surface area contributed by atoms with Gasteiger partial charge in [0.1, 0.15) is 10.6 Å². The fourth-order valence-corrected chi connectivity index (χ4v) is 4.63. The van der Waals surface area contributed by atoms with Crippen molar-refractivity contribution in [3.8, 4) is 10.6 Å². The predicted molar refractivity (Wildman–Crippen MR) is 114 cm³/mol. The third kappa shape index (κ3) is 2.69. The monoisotopic (exact) mass is 415 g/mol. The Kier molecular flexibility index (Phi) is 3.97. The number of carbonyl (C=O) groups excluding carboxylic acids is 2. The van der Waals surface area contributed by atoms with Gasteiger partial charge in [0.05, 0.1) is 26.4 Å². The number of fused-ring (bicyclic) bond motifs is 2. The highest BCUT2D eigenvalue weighted by Crippen LogP contribution is 2.36. The first-order valence-corrected chi connectivity index (χ1v) is 9.89. The Morgan fingerprint density at radius 2 is 1.77 bits per heavy atom. The Bertz CT molecular complexity index is 1380. The Hall–Kier alpha value is -3.91. The third-order valence-corrected chi connectivity index (χ3v) is 6.07. The minimum atomic E-state index is -0.689. The van der Waals surface area contributed by atoms with Gasteiger partial charge >= 0.3 is 0 Å². The molecule has 0 saturated carbocycles. The number of rotatable bonds is 3. The molecule has 5 rings (SSSR count). The summed E-state index contributed by atoms with van der Waals surface area (Å²) in [7, 11) is 0. The number of nitro benzene ring substituents is 1. The van der Waals surface area contributed by atoms with Crippen LogP contribution in [0.4, 0.5) is 11.4 Å². The van der Waals surface area contributed by atoms with Crippen LogP contribution in [0.1, 0.15) is 26.3 Å². The lowest BCUT2D eigenvalue weighted by atomic mass is 10.1. The Morgan fingerprint density at radius 1 is 1.00 bits per heavy atom. The maximum atomic E-state index is 12.8. The van der Waals surface area contributed by atoms with Gasteiger partial charge in [-0.15, -0.1) is 11.3 Å². The number of thiazole rings is 1. The summed E-state index contributed by atoms with van der Waals surface area (Å²) >= 11 is 1.57. The number of imide groups is 1. The molecule has 1 aromatic heterocycles. The number of aryl methyl sites for hydroxylation is 1. The van der Waals surface area contributed by atoms with Crippen LogP contribution < -0.4 is 4.90 Å². The van der Waals surface area contributed by atoms with Crippen LogP contribution in [0.25, 0.3) is 20.8 Å². The van der Waals surface area contributed by atoms with E-state index in [1.807, 2.05) is 19.1 Å². The molecule has 7 nitrogen and oxygen atoms in total. The molecule has 8 heteroatoms. The van der Waals surface area contributed by atoms with Gasteiger partial charge in [0.2, 0.25) is 0 Å². The summed E-state index contributed by atoms with van der Waals surface area (Å²) in [6.07, 6.45) is 0. The molecule has 1 aliphatic heterocycles. The lowest BCUT2D eigenvalue weighted by molar-refractivity contribution is -0.385. The fourth-order valence-electron chi connectivity index (χ4n) is 3.56. The second-order valence-electron chi connectivity index (χ2n) is 6.94. The van der Waals surface area contributed by atoms with Gasteiger partial charge in [-0.05, 0) is 55.0 Å². The minimum Gasteiger partial charge on any atom is -0.268 e. The van der Waals surface area contributed by atoms with Crippen LogP contribution in [0.3, 0.4) is 0 Å². The lowest BCUT2D eigenvalue weighted by Gasteiger charge is -2.14. The van der Waals surface area contributed by atoms with Gasteiger partial charge in [0.15, 0.2) is 0 Å². The van der Waals surface area contributed by atoms with Crippen molar-refractivity contribution >= 4 is 44.7 Å². The highest BCUT2D eigenvalue weighted by molar-refractivity contribution is 7.21. The van der Waals surface area contributed by atoms with Gasteiger partial charge in [-0.3, -0.25) is 19.7 Å². The Morgan fingerprint density at radius 3 is 2.50 bits per heavy atom. The molecule has 0 fully saturated rings. The normalized spacial score (nSPS) is 13.2. The van der Waals surface area contributed by atoms with Gasteiger partial charge in [-0.2, -0.15) is 0 Å². The third-order valence-electron chi connectivity index (χ3n) is 5.01. The highest BCUT2D eigenvalue weighted by atomic mass is 32.1. The maximum Gasteiger partial charge on any atom is 0.283 e. The van der Waals surface area contributed by atoms with Crippen molar-refractivity contribution in [1.82, 2.24) is 4.98 Å². The van der Waals surface area contributed by atoms with Gasteiger partial charge in [0, 0.05) is 11.6 Å². The van der Waals surface area contributed by atoms with Crippen molar-refractivity contribution in [1.29, 1.82) is 0 Å². The van der Waals surface area contributed by atoms with E-state index >= 15 is 0 Å². The minimum absolute atomic E-state index is 0.0415. The molecule has 0 aliphatic carbocycles. The SMILES string of the molecule is Cc1ccc2nc(-c3ccc(N4C(=O)c5cccc([N+](=O)[O-])c5C4=O)cc3)sc2c1. The molecule has 0 saturated heterocycles. The average Bonchev–Trinajstić information content (AvgIpc) is 3.27. The second-order valence-corrected chi connectivity index (χ2v) is 7.97. The van der Waals surface area contributed by atoms with E-state index in [-0.39, 0.29) is 16.8 Å². The van der Waals surface area contributed by atoms with E-state index in [0.29, 0.717) is 5.69 Å². The number of benzene rings is 3. The largest absolute Gasteiger partial charge is 0.283 e. The van der Waals surface area contributed by atoms with E-state index in [9.17, 15) is 19.7 Å². The van der Waals surface area contributed by atoms with Crippen LogP contribution in [-0.2, 0) is 0 Å². The van der Waals surface area contributed by atoms with Gasteiger partial charge in [0.25, 0.3) is 17.5 Å². The van der Waals surface area contributed by atoms with Gasteiger partial charge < -0.3 is 0 Å². The zero-order valence-corrected chi connectivity index (χ0v) is 16.5.